The van der Waals surface area contributed by atoms with Gasteiger partial charge in [-0.1, -0.05) is 12.1 Å². The molecule has 1 aliphatic heterocycles. The number of nitrogens with two attached hydrogens (primary N) is 1. The summed E-state index contributed by atoms with van der Waals surface area (Å²) in [5.74, 6) is -0.772. The van der Waals surface area contributed by atoms with Crippen LogP contribution in [0.5, 0.6) is 0 Å². The van der Waals surface area contributed by atoms with E-state index in [4.69, 9.17) is 10.5 Å². The molecule has 1 aliphatic rings. The maximum atomic E-state index is 13.2. The van der Waals surface area contributed by atoms with E-state index < -0.39 is 5.91 Å². The van der Waals surface area contributed by atoms with Gasteiger partial charge in [-0.05, 0) is 54.9 Å². The maximum absolute atomic E-state index is 13.2. The minimum Gasteiger partial charge on any atom is -0.378 e. The first-order valence-electron chi connectivity index (χ1n) is 10.3. The van der Waals surface area contributed by atoms with Crippen molar-refractivity contribution in [3.63, 3.8) is 0 Å². The predicted molar refractivity (Wildman–Crippen MR) is 121 cm³/mol. The average molecular weight is 441 g/mol. The number of rotatable bonds is 6. The molecule has 162 valence electrons. The molecule has 3 aromatic rings. The van der Waals surface area contributed by atoms with Crippen LogP contribution in [0.2, 0.25) is 0 Å². The Kier molecular flexibility index (Phi) is 6.91. The molecular weight excluding hydrogens is 415 g/mol. The molecule has 8 heteroatoms. The van der Waals surface area contributed by atoms with Crippen molar-refractivity contribution < 1.29 is 13.9 Å². The van der Waals surface area contributed by atoms with E-state index in [1.54, 1.807) is 0 Å². The van der Waals surface area contributed by atoms with Crippen molar-refractivity contribution in [1.29, 1.82) is 0 Å². The standard InChI is InChI=1S/C23H25FN4O2S/c24-19-6-2-18(3-7-19)22(29)26-23-28(11-1-10-25)21(16-31-23)17-4-8-20(9-5-17)27-12-14-30-15-13-27/h2-9,16H,1,10-15,25H2. The van der Waals surface area contributed by atoms with E-state index in [9.17, 15) is 9.18 Å². The summed E-state index contributed by atoms with van der Waals surface area (Å²) in [5.41, 5.74) is 9.32. The lowest BCUT2D eigenvalue weighted by molar-refractivity contribution is 0.0997. The second-order valence-electron chi connectivity index (χ2n) is 7.27. The largest absolute Gasteiger partial charge is 0.378 e. The molecule has 1 saturated heterocycles. The van der Waals surface area contributed by atoms with Gasteiger partial charge >= 0.3 is 0 Å². The number of ether oxygens (including phenoxy) is 1. The van der Waals surface area contributed by atoms with Crippen LogP contribution in [0.4, 0.5) is 10.1 Å². The third kappa shape index (κ3) is 5.10. The van der Waals surface area contributed by atoms with Gasteiger partial charge < -0.3 is 19.9 Å². The molecule has 1 fully saturated rings. The normalized spacial score (nSPS) is 14.8. The fourth-order valence-corrected chi connectivity index (χ4v) is 4.46. The Balaban J connectivity index is 1.64. The van der Waals surface area contributed by atoms with Crippen molar-refractivity contribution in [2.45, 2.75) is 13.0 Å². The number of thiazole rings is 1. The number of carbonyl (C=O) groups is 1. The number of morpholine rings is 1. The zero-order chi connectivity index (χ0) is 21.6. The first-order valence-corrected chi connectivity index (χ1v) is 11.2. The molecule has 0 atom stereocenters. The van der Waals surface area contributed by atoms with Crippen molar-refractivity contribution in [2.75, 3.05) is 37.7 Å². The molecule has 0 unspecified atom stereocenters. The van der Waals surface area contributed by atoms with Crippen molar-refractivity contribution in [3.8, 4) is 11.3 Å². The Hall–Kier alpha value is -2.81. The van der Waals surface area contributed by atoms with Gasteiger partial charge in [-0.3, -0.25) is 4.79 Å². The van der Waals surface area contributed by atoms with E-state index in [0.29, 0.717) is 23.5 Å². The van der Waals surface area contributed by atoms with Crippen LogP contribution in [-0.2, 0) is 11.3 Å². The van der Waals surface area contributed by atoms with Crippen molar-refractivity contribution in [1.82, 2.24) is 4.57 Å². The van der Waals surface area contributed by atoms with Gasteiger partial charge in [0, 0.05) is 36.3 Å². The van der Waals surface area contributed by atoms with Gasteiger partial charge in [-0.15, -0.1) is 11.3 Å². The van der Waals surface area contributed by atoms with Crippen LogP contribution >= 0.6 is 11.3 Å². The molecule has 0 spiro atoms. The highest BCUT2D eigenvalue weighted by atomic mass is 32.1. The molecule has 4 rings (SSSR count). The number of carbonyl (C=O) groups excluding carboxylic acids is 1. The summed E-state index contributed by atoms with van der Waals surface area (Å²) in [6.45, 7) is 4.49. The van der Waals surface area contributed by atoms with Gasteiger partial charge in [-0.25, -0.2) is 4.39 Å². The molecule has 0 radical (unpaired) electrons. The lowest BCUT2D eigenvalue weighted by Gasteiger charge is -2.28. The smallest absolute Gasteiger partial charge is 0.279 e. The molecule has 2 N–H and O–H groups in total. The van der Waals surface area contributed by atoms with Crippen LogP contribution in [0.15, 0.2) is 58.9 Å². The molecule has 6 nitrogen and oxygen atoms in total. The van der Waals surface area contributed by atoms with E-state index in [-0.39, 0.29) is 5.82 Å². The first-order chi connectivity index (χ1) is 15.2. The molecule has 31 heavy (non-hydrogen) atoms. The van der Waals surface area contributed by atoms with Crippen LogP contribution in [0.3, 0.4) is 0 Å². The molecule has 0 aliphatic carbocycles. The van der Waals surface area contributed by atoms with Crippen molar-refractivity contribution in [3.05, 3.63) is 70.1 Å². The van der Waals surface area contributed by atoms with Crippen LogP contribution < -0.4 is 15.4 Å². The van der Waals surface area contributed by atoms with Crippen molar-refractivity contribution in [2.24, 2.45) is 10.7 Å². The summed E-state index contributed by atoms with van der Waals surface area (Å²) in [5, 5.41) is 2.01. The summed E-state index contributed by atoms with van der Waals surface area (Å²) in [6.07, 6.45) is 0.771. The number of halogens is 1. The zero-order valence-corrected chi connectivity index (χ0v) is 18.0. The van der Waals surface area contributed by atoms with E-state index in [2.05, 4.69) is 34.2 Å². The van der Waals surface area contributed by atoms with Gasteiger partial charge in [0.05, 0.1) is 18.9 Å². The number of nitrogens with zero attached hydrogens (tertiary/aromatic N) is 3. The van der Waals surface area contributed by atoms with Gasteiger partial charge in [0.2, 0.25) is 0 Å². The highest BCUT2D eigenvalue weighted by Gasteiger charge is 2.13. The van der Waals surface area contributed by atoms with E-state index in [1.165, 1.54) is 41.3 Å². The number of benzene rings is 2. The lowest BCUT2D eigenvalue weighted by Crippen LogP contribution is -2.36. The molecular formula is C23H25FN4O2S. The van der Waals surface area contributed by atoms with Gasteiger partial charge in [0.25, 0.3) is 5.91 Å². The summed E-state index contributed by atoms with van der Waals surface area (Å²) in [6, 6.07) is 13.9. The SMILES string of the molecule is NCCCn1c(-c2ccc(N3CCOCC3)cc2)csc1=NC(=O)c1ccc(F)cc1. The van der Waals surface area contributed by atoms with Crippen LogP contribution in [0.25, 0.3) is 11.3 Å². The number of hydrogen-bond acceptors (Lipinski definition) is 5. The Bertz CT molecular complexity index is 1080. The van der Waals surface area contributed by atoms with Crippen LogP contribution in [0.1, 0.15) is 16.8 Å². The second-order valence-corrected chi connectivity index (χ2v) is 8.10. The number of anilines is 1. The summed E-state index contributed by atoms with van der Waals surface area (Å²) in [4.78, 5) is 19.8. The molecule has 0 saturated carbocycles. The van der Waals surface area contributed by atoms with Gasteiger partial charge in [-0.2, -0.15) is 4.99 Å². The molecule has 2 aromatic carbocycles. The number of aromatic nitrogens is 1. The highest BCUT2D eigenvalue weighted by molar-refractivity contribution is 7.07. The van der Waals surface area contributed by atoms with Crippen LogP contribution in [-0.4, -0.2) is 43.3 Å². The second kappa shape index (κ2) is 10.00. The maximum Gasteiger partial charge on any atom is 0.279 e. The summed E-state index contributed by atoms with van der Waals surface area (Å²) in [7, 11) is 0. The number of hydrogen-bond donors (Lipinski definition) is 1. The molecule has 1 amide bonds. The van der Waals surface area contributed by atoms with Gasteiger partial charge in [0.1, 0.15) is 5.82 Å². The van der Waals surface area contributed by atoms with E-state index >= 15 is 0 Å². The third-order valence-electron chi connectivity index (χ3n) is 5.21. The average Bonchev–Trinajstić information content (AvgIpc) is 3.21. The van der Waals surface area contributed by atoms with Crippen LogP contribution in [0, 0.1) is 5.82 Å². The minimum absolute atomic E-state index is 0.358. The fourth-order valence-electron chi connectivity index (χ4n) is 3.52. The fraction of sp³-hybridized carbons (Fsp3) is 0.304. The van der Waals surface area contributed by atoms with E-state index in [0.717, 1.165) is 44.0 Å². The molecule has 0 bridgehead atoms. The Morgan fingerprint density at radius 2 is 1.81 bits per heavy atom. The molecule has 1 aromatic heterocycles. The Labute approximate surface area is 184 Å². The summed E-state index contributed by atoms with van der Waals surface area (Å²) < 4.78 is 20.6. The third-order valence-corrected chi connectivity index (χ3v) is 6.07. The Morgan fingerprint density at radius 1 is 1.10 bits per heavy atom. The summed E-state index contributed by atoms with van der Waals surface area (Å²) >= 11 is 1.41. The first kappa shape index (κ1) is 21.4. The minimum atomic E-state index is -0.391. The predicted octanol–water partition coefficient (Wildman–Crippen LogP) is 3.28. The van der Waals surface area contributed by atoms with Gasteiger partial charge in [0.15, 0.2) is 4.80 Å². The Morgan fingerprint density at radius 3 is 2.48 bits per heavy atom. The molecule has 2 heterocycles. The lowest BCUT2D eigenvalue weighted by atomic mass is 10.1. The topological polar surface area (TPSA) is 72.8 Å². The highest BCUT2D eigenvalue weighted by Crippen LogP contribution is 2.24. The number of amides is 1. The van der Waals surface area contributed by atoms with E-state index in [1.807, 2.05) is 9.95 Å². The van der Waals surface area contributed by atoms with Crippen molar-refractivity contribution >= 4 is 22.9 Å². The zero-order valence-electron chi connectivity index (χ0n) is 17.2. The quantitative estimate of drug-likeness (QED) is 0.639. The monoisotopic (exact) mass is 440 g/mol.